The van der Waals surface area contributed by atoms with E-state index in [1.54, 1.807) is 24.7 Å². The van der Waals surface area contributed by atoms with Crippen molar-refractivity contribution in [2.24, 2.45) is 7.05 Å². The largest absolute Gasteiger partial charge is 0.760 e. The van der Waals surface area contributed by atoms with Gasteiger partial charge in [-0.1, -0.05) is 6.07 Å². The Hall–Kier alpha value is -2.00. The molecule has 0 spiro atoms. The highest BCUT2D eigenvalue weighted by molar-refractivity contribution is 7.77. The molecule has 1 aliphatic rings. The van der Waals surface area contributed by atoms with E-state index in [9.17, 15) is 13.6 Å². The number of nitrogens with one attached hydrogen (secondary N) is 1. The molecule has 2 heterocycles. The second kappa shape index (κ2) is 8.79. The van der Waals surface area contributed by atoms with E-state index in [1.807, 2.05) is 24.3 Å². The van der Waals surface area contributed by atoms with Gasteiger partial charge in [-0.15, -0.1) is 0 Å². The van der Waals surface area contributed by atoms with Crippen molar-refractivity contribution in [3.05, 3.63) is 51.9 Å². The Balaban J connectivity index is 1.99. The molecule has 3 rings (SSSR count). The number of ether oxygens (including phenoxy) is 2. The van der Waals surface area contributed by atoms with Crippen molar-refractivity contribution in [3.63, 3.8) is 0 Å². The Morgan fingerprint density at radius 3 is 2.74 bits per heavy atom. The standard InChI is InChI=1S/C19H24N2O5S/c1-13-9-15(12-21(2)19(13)22)17-10-14(11-20-27(23)24)3-4-18(17)26-16-5-7-25-8-6-16/h3-4,9-10,12,16,20H,5-8,11H2,1-2H3,(H,23,24)/p-1. The predicted molar refractivity (Wildman–Crippen MR) is 102 cm³/mol. The Labute approximate surface area is 160 Å². The first-order valence-electron chi connectivity index (χ1n) is 8.82. The van der Waals surface area contributed by atoms with Crippen LogP contribution in [0.4, 0.5) is 0 Å². The monoisotopic (exact) mass is 391 g/mol. The first-order valence-corrected chi connectivity index (χ1v) is 9.89. The molecule has 1 aromatic heterocycles. The van der Waals surface area contributed by atoms with Crippen LogP contribution in [0.15, 0.2) is 35.3 Å². The quantitative estimate of drug-likeness (QED) is 0.758. The molecule has 0 amide bonds. The van der Waals surface area contributed by atoms with Crippen LogP contribution in [-0.2, 0) is 29.6 Å². The maximum absolute atomic E-state index is 12.0. The van der Waals surface area contributed by atoms with Crippen molar-refractivity contribution in [2.75, 3.05) is 13.2 Å². The van der Waals surface area contributed by atoms with Crippen molar-refractivity contribution in [1.29, 1.82) is 0 Å². The molecular formula is C19H23N2O5S-. The number of benzene rings is 1. The van der Waals surface area contributed by atoms with Crippen molar-refractivity contribution in [2.45, 2.75) is 32.4 Å². The third-order valence-electron chi connectivity index (χ3n) is 4.57. The van der Waals surface area contributed by atoms with Crippen molar-refractivity contribution in [3.8, 4) is 16.9 Å². The molecule has 1 aliphatic heterocycles. The zero-order valence-corrected chi connectivity index (χ0v) is 16.2. The van der Waals surface area contributed by atoms with Crippen LogP contribution in [0.3, 0.4) is 0 Å². The van der Waals surface area contributed by atoms with Gasteiger partial charge in [-0.25, -0.2) is 4.72 Å². The summed E-state index contributed by atoms with van der Waals surface area (Å²) >= 11 is -2.33. The fraction of sp³-hybridized carbons (Fsp3) is 0.421. The number of aromatic nitrogens is 1. The van der Waals surface area contributed by atoms with Gasteiger partial charge in [-0.05, 0) is 30.7 Å². The highest BCUT2D eigenvalue weighted by Crippen LogP contribution is 2.33. The Bertz CT molecular complexity index is 864. The van der Waals surface area contributed by atoms with Crippen molar-refractivity contribution in [1.82, 2.24) is 9.29 Å². The molecule has 1 unspecified atom stereocenters. The Morgan fingerprint density at radius 1 is 1.33 bits per heavy atom. The van der Waals surface area contributed by atoms with Crippen LogP contribution >= 0.6 is 0 Å². The van der Waals surface area contributed by atoms with Crippen LogP contribution in [0.5, 0.6) is 5.75 Å². The average Bonchev–Trinajstić information content (AvgIpc) is 2.65. The van der Waals surface area contributed by atoms with E-state index in [-0.39, 0.29) is 18.2 Å². The van der Waals surface area contributed by atoms with E-state index < -0.39 is 11.3 Å². The van der Waals surface area contributed by atoms with E-state index in [1.165, 1.54) is 0 Å². The van der Waals surface area contributed by atoms with Gasteiger partial charge in [-0.2, -0.15) is 0 Å². The molecule has 1 saturated heterocycles. The van der Waals surface area contributed by atoms with Crippen LogP contribution in [0.2, 0.25) is 0 Å². The minimum atomic E-state index is -2.33. The molecule has 2 aromatic rings. The number of hydrogen-bond acceptors (Lipinski definition) is 5. The SMILES string of the molecule is Cc1cc(-c2cc(CNS(=O)[O-])ccc2OC2CCOCC2)cn(C)c1=O. The number of pyridine rings is 1. The normalized spacial score (nSPS) is 16.3. The first kappa shape index (κ1) is 19.8. The van der Waals surface area contributed by atoms with E-state index in [2.05, 4.69) is 4.72 Å². The lowest BCUT2D eigenvalue weighted by Gasteiger charge is -2.25. The van der Waals surface area contributed by atoms with Gasteiger partial charge in [0.2, 0.25) is 0 Å². The van der Waals surface area contributed by atoms with Gasteiger partial charge in [0.15, 0.2) is 0 Å². The molecule has 1 fully saturated rings. The van der Waals surface area contributed by atoms with E-state index in [4.69, 9.17) is 9.47 Å². The van der Waals surface area contributed by atoms with Gasteiger partial charge in [0.1, 0.15) is 11.9 Å². The van der Waals surface area contributed by atoms with E-state index in [0.29, 0.717) is 24.5 Å². The Kier molecular flexibility index (Phi) is 6.43. The number of rotatable bonds is 6. The molecule has 0 saturated carbocycles. The molecule has 7 nitrogen and oxygen atoms in total. The second-order valence-corrected chi connectivity index (χ2v) is 7.40. The highest BCUT2D eigenvalue weighted by atomic mass is 32.2. The fourth-order valence-corrected chi connectivity index (χ4v) is 3.44. The summed E-state index contributed by atoms with van der Waals surface area (Å²) in [6, 6.07) is 7.42. The zero-order valence-electron chi connectivity index (χ0n) is 15.4. The lowest BCUT2D eigenvalue weighted by atomic mass is 10.0. The molecule has 27 heavy (non-hydrogen) atoms. The molecule has 1 aromatic carbocycles. The Morgan fingerprint density at radius 2 is 2.07 bits per heavy atom. The molecule has 0 aliphatic carbocycles. The van der Waals surface area contributed by atoms with Crippen LogP contribution < -0.4 is 15.0 Å². The lowest BCUT2D eigenvalue weighted by Crippen LogP contribution is -2.26. The molecule has 0 bridgehead atoms. The van der Waals surface area contributed by atoms with Crippen LogP contribution in [0.25, 0.3) is 11.1 Å². The maximum atomic E-state index is 12.0. The van der Waals surface area contributed by atoms with Crippen molar-refractivity contribution < 1.29 is 18.2 Å². The summed E-state index contributed by atoms with van der Waals surface area (Å²) in [5.41, 5.74) is 3.07. The van der Waals surface area contributed by atoms with Gasteiger partial charge in [0.25, 0.3) is 5.56 Å². The summed E-state index contributed by atoms with van der Waals surface area (Å²) in [4.78, 5) is 12.0. The summed E-state index contributed by atoms with van der Waals surface area (Å²) in [5.74, 6) is 0.715. The van der Waals surface area contributed by atoms with Gasteiger partial charge in [0.05, 0.1) is 13.2 Å². The number of nitrogens with zero attached hydrogens (tertiary/aromatic N) is 1. The van der Waals surface area contributed by atoms with Gasteiger partial charge in [0, 0.05) is 60.6 Å². The predicted octanol–water partition coefficient (Wildman–Crippen LogP) is 1.80. The van der Waals surface area contributed by atoms with E-state index >= 15 is 0 Å². The molecule has 0 radical (unpaired) electrons. The molecule has 1 atom stereocenters. The summed E-state index contributed by atoms with van der Waals surface area (Å²) in [6.07, 6.45) is 3.49. The minimum absolute atomic E-state index is 0.0507. The molecule has 146 valence electrons. The molecule has 8 heteroatoms. The summed E-state index contributed by atoms with van der Waals surface area (Å²) in [5, 5.41) is 0. The minimum Gasteiger partial charge on any atom is -0.760 e. The maximum Gasteiger partial charge on any atom is 0.253 e. The third-order valence-corrected chi connectivity index (χ3v) is 4.95. The second-order valence-electron chi connectivity index (χ2n) is 6.64. The van der Waals surface area contributed by atoms with Gasteiger partial charge in [-0.3, -0.25) is 9.00 Å². The lowest BCUT2D eigenvalue weighted by molar-refractivity contribution is 0.0258. The summed E-state index contributed by atoms with van der Waals surface area (Å²) < 4.78 is 37.1. The van der Waals surface area contributed by atoms with Crippen LogP contribution in [0.1, 0.15) is 24.0 Å². The van der Waals surface area contributed by atoms with Crippen molar-refractivity contribution >= 4 is 11.3 Å². The highest BCUT2D eigenvalue weighted by Gasteiger charge is 2.18. The molecular weight excluding hydrogens is 368 g/mol. The first-order chi connectivity index (χ1) is 12.9. The smallest absolute Gasteiger partial charge is 0.253 e. The van der Waals surface area contributed by atoms with Gasteiger partial charge >= 0.3 is 0 Å². The van der Waals surface area contributed by atoms with Gasteiger partial charge < -0.3 is 18.6 Å². The topological polar surface area (TPSA) is 92.6 Å². The zero-order chi connectivity index (χ0) is 19.4. The molecule has 1 N–H and O–H groups in total. The van der Waals surface area contributed by atoms with Crippen LogP contribution in [0, 0.1) is 6.92 Å². The number of hydrogen-bond donors (Lipinski definition) is 1. The number of aryl methyl sites for hydroxylation is 2. The van der Waals surface area contributed by atoms with Crippen LogP contribution in [-0.4, -0.2) is 32.6 Å². The van der Waals surface area contributed by atoms with E-state index in [0.717, 1.165) is 29.5 Å². The average molecular weight is 391 g/mol. The fourth-order valence-electron chi connectivity index (χ4n) is 3.16. The summed E-state index contributed by atoms with van der Waals surface area (Å²) in [7, 11) is 1.71. The summed E-state index contributed by atoms with van der Waals surface area (Å²) in [6.45, 7) is 3.31. The third kappa shape index (κ3) is 5.04.